The summed E-state index contributed by atoms with van der Waals surface area (Å²) in [5.41, 5.74) is 3.84. The molecule has 2 aromatic rings. The Labute approximate surface area is 176 Å². The number of H-pyrrole nitrogens is 1. The van der Waals surface area contributed by atoms with E-state index < -0.39 is 11.8 Å². The predicted molar refractivity (Wildman–Crippen MR) is 113 cm³/mol. The molecule has 5 nitrogen and oxygen atoms in total. The molecule has 0 bridgehead atoms. The molecule has 2 aliphatic rings. The summed E-state index contributed by atoms with van der Waals surface area (Å²) in [4.78, 5) is 29.4. The van der Waals surface area contributed by atoms with Gasteiger partial charge in [0.15, 0.2) is 18.2 Å². The molecule has 0 saturated carbocycles. The van der Waals surface area contributed by atoms with Gasteiger partial charge in [0.1, 0.15) is 12.5 Å². The van der Waals surface area contributed by atoms with Gasteiger partial charge in [0.05, 0.1) is 0 Å². The van der Waals surface area contributed by atoms with E-state index >= 15 is 0 Å². The Hall–Kier alpha value is -3.21. The summed E-state index contributed by atoms with van der Waals surface area (Å²) in [7, 11) is 0. The Bertz CT molecular complexity index is 1010. The van der Waals surface area contributed by atoms with Gasteiger partial charge < -0.3 is 10.1 Å². The highest BCUT2D eigenvalue weighted by Crippen LogP contribution is 2.48. The number of Topliss-reactive ketones (excluding diaryl/α,β-unsaturated/α-hetero) is 1. The van der Waals surface area contributed by atoms with Crippen molar-refractivity contribution in [3.8, 4) is 0 Å². The van der Waals surface area contributed by atoms with Gasteiger partial charge in [0, 0.05) is 41.4 Å². The summed E-state index contributed by atoms with van der Waals surface area (Å²) in [6, 6.07) is 13.4. The first kappa shape index (κ1) is 20.1. The number of allylic oxidation sites excluding steroid dienone is 2. The number of hydrogen-bond acceptors (Lipinski definition) is 4. The molecule has 1 aliphatic carbocycles. The van der Waals surface area contributed by atoms with Gasteiger partial charge in [0.25, 0.3) is 0 Å². The molecule has 4 rings (SSSR count). The van der Waals surface area contributed by atoms with Crippen LogP contribution in [0.15, 0.2) is 78.4 Å². The van der Waals surface area contributed by atoms with Gasteiger partial charge in [-0.3, -0.25) is 9.59 Å². The van der Waals surface area contributed by atoms with Crippen LogP contribution >= 0.6 is 0 Å². The Morgan fingerprint density at radius 1 is 1.17 bits per heavy atom. The second-order valence-corrected chi connectivity index (χ2v) is 8.87. The van der Waals surface area contributed by atoms with Crippen molar-refractivity contribution in [1.29, 1.82) is 0 Å². The van der Waals surface area contributed by atoms with Crippen molar-refractivity contribution in [3.05, 3.63) is 89.5 Å². The minimum atomic E-state index is -0.667. The zero-order chi connectivity index (χ0) is 21.3. The summed E-state index contributed by atoms with van der Waals surface area (Å²) in [5.74, 6) is -1.37. The van der Waals surface area contributed by atoms with Gasteiger partial charge in [-0.2, -0.15) is 0 Å². The summed E-state index contributed by atoms with van der Waals surface area (Å²) in [6.07, 6.45) is 4.82. The van der Waals surface area contributed by atoms with E-state index in [4.69, 9.17) is 4.74 Å². The molecule has 5 heteroatoms. The third-order valence-electron chi connectivity index (χ3n) is 5.83. The van der Waals surface area contributed by atoms with E-state index in [1.807, 2.05) is 54.9 Å². The van der Waals surface area contributed by atoms with E-state index in [0.29, 0.717) is 17.7 Å². The molecule has 2 atom stereocenters. The van der Waals surface area contributed by atoms with Crippen LogP contribution in [0, 0.1) is 11.3 Å². The lowest BCUT2D eigenvalue weighted by atomic mass is 9.66. The zero-order valence-corrected chi connectivity index (χ0v) is 17.4. The Morgan fingerprint density at radius 3 is 2.57 bits per heavy atom. The molecule has 154 valence electrons. The number of rotatable bonds is 4. The summed E-state index contributed by atoms with van der Waals surface area (Å²) < 4.78 is 5.66. The second-order valence-electron chi connectivity index (χ2n) is 8.87. The Morgan fingerprint density at radius 2 is 1.87 bits per heavy atom. The number of carbonyl (C=O) groups is 2. The minimum absolute atomic E-state index is 0.0833. The molecule has 0 spiro atoms. The maximum Gasteiger partial charge on any atom is 0.316 e. The van der Waals surface area contributed by atoms with Crippen LogP contribution in [0.5, 0.6) is 0 Å². The lowest BCUT2D eigenvalue weighted by Gasteiger charge is -2.42. The fourth-order valence-electron chi connectivity index (χ4n) is 4.51. The van der Waals surface area contributed by atoms with E-state index in [2.05, 4.69) is 30.7 Å². The Balaban J connectivity index is 1.70. The number of benzene rings is 1. The van der Waals surface area contributed by atoms with Crippen LogP contribution in [-0.4, -0.2) is 11.8 Å². The topological polar surface area (TPSA) is 69.5 Å². The predicted octanol–water partition coefficient (Wildman–Crippen LogP) is 3.70. The Kier molecular flexibility index (Phi) is 5.29. The summed E-state index contributed by atoms with van der Waals surface area (Å²) in [5, 5.41) is 3.29. The number of nitrogens with one attached hydrogen (secondary N) is 2. The quantitative estimate of drug-likeness (QED) is 0.791. The second kappa shape index (κ2) is 7.90. The number of aromatic nitrogens is 1. The zero-order valence-electron chi connectivity index (χ0n) is 17.4. The first-order valence-corrected chi connectivity index (χ1v) is 10.2. The van der Waals surface area contributed by atoms with Crippen molar-refractivity contribution in [3.63, 3.8) is 0 Å². The molecule has 1 aromatic heterocycles. The normalized spacial score (nSPS) is 22.9. The maximum absolute atomic E-state index is 13.2. The number of hydrogen-bond donors (Lipinski definition) is 1. The largest absolute Gasteiger partial charge is 0.460 e. The van der Waals surface area contributed by atoms with E-state index in [9.17, 15) is 9.59 Å². The first-order valence-electron chi connectivity index (χ1n) is 10.2. The maximum atomic E-state index is 13.2. The van der Waals surface area contributed by atoms with Crippen molar-refractivity contribution >= 4 is 11.8 Å². The van der Waals surface area contributed by atoms with Crippen molar-refractivity contribution in [1.82, 2.24) is 5.32 Å². The molecule has 0 radical (unpaired) electrons. The van der Waals surface area contributed by atoms with Crippen LogP contribution in [0.25, 0.3) is 0 Å². The SMILES string of the molecule is C=C1NC2=C(C(=O)CC(C)(C)C2)C(c2cc[nH+]cc2)C1C(=O)OCc1ccccc1. The highest BCUT2D eigenvalue weighted by molar-refractivity contribution is 6.00. The van der Waals surface area contributed by atoms with Crippen molar-refractivity contribution < 1.29 is 19.3 Å². The summed E-state index contributed by atoms with van der Waals surface area (Å²) in [6.45, 7) is 8.51. The molecular formula is C25H27N2O3+. The molecule has 0 saturated heterocycles. The highest BCUT2D eigenvalue weighted by atomic mass is 16.5. The third-order valence-corrected chi connectivity index (χ3v) is 5.83. The van der Waals surface area contributed by atoms with Gasteiger partial charge >= 0.3 is 5.97 Å². The smallest absolute Gasteiger partial charge is 0.316 e. The van der Waals surface area contributed by atoms with Crippen LogP contribution in [0.4, 0.5) is 0 Å². The molecule has 0 amide bonds. The number of ether oxygens (including phenoxy) is 1. The molecule has 30 heavy (non-hydrogen) atoms. The molecular weight excluding hydrogens is 376 g/mol. The van der Waals surface area contributed by atoms with Crippen LogP contribution in [-0.2, 0) is 20.9 Å². The van der Waals surface area contributed by atoms with Crippen molar-refractivity contribution in [2.24, 2.45) is 11.3 Å². The third kappa shape index (κ3) is 3.92. The summed E-state index contributed by atoms with van der Waals surface area (Å²) >= 11 is 0. The van der Waals surface area contributed by atoms with Crippen LogP contribution in [0.2, 0.25) is 0 Å². The van der Waals surface area contributed by atoms with Gasteiger partial charge in [-0.15, -0.1) is 0 Å². The van der Waals surface area contributed by atoms with E-state index in [1.165, 1.54) is 0 Å². The van der Waals surface area contributed by atoms with Crippen LogP contribution < -0.4 is 10.3 Å². The lowest BCUT2D eigenvalue weighted by Crippen LogP contribution is -2.43. The van der Waals surface area contributed by atoms with Crippen LogP contribution in [0.3, 0.4) is 0 Å². The van der Waals surface area contributed by atoms with E-state index in [1.54, 1.807) is 0 Å². The molecule has 1 aliphatic heterocycles. The van der Waals surface area contributed by atoms with Gasteiger partial charge in [-0.1, -0.05) is 50.8 Å². The van der Waals surface area contributed by atoms with E-state index in [0.717, 1.165) is 23.2 Å². The number of esters is 1. The van der Waals surface area contributed by atoms with Gasteiger partial charge in [-0.05, 0) is 23.0 Å². The van der Waals surface area contributed by atoms with E-state index in [-0.39, 0.29) is 23.8 Å². The molecule has 0 fully saturated rings. The monoisotopic (exact) mass is 403 g/mol. The molecule has 2 unspecified atom stereocenters. The highest BCUT2D eigenvalue weighted by Gasteiger charge is 2.46. The molecule has 2 N–H and O–H groups in total. The van der Waals surface area contributed by atoms with Gasteiger partial charge in [-0.25, -0.2) is 4.98 Å². The number of aromatic amines is 1. The number of pyridine rings is 1. The first-order chi connectivity index (χ1) is 14.4. The lowest BCUT2D eigenvalue weighted by molar-refractivity contribution is -0.378. The molecule has 1 aromatic carbocycles. The van der Waals surface area contributed by atoms with Crippen molar-refractivity contribution in [2.45, 2.75) is 39.2 Å². The fourth-order valence-corrected chi connectivity index (χ4v) is 4.51. The van der Waals surface area contributed by atoms with Gasteiger partial charge in [0.2, 0.25) is 0 Å². The minimum Gasteiger partial charge on any atom is -0.460 e. The van der Waals surface area contributed by atoms with Crippen LogP contribution in [0.1, 0.15) is 43.7 Å². The standard InChI is InChI=1S/C25H26N2O3/c1-16-21(24(29)30-15-17-7-5-4-6-8-17)22(18-9-11-26-12-10-18)23-19(27-16)13-25(2,3)14-20(23)28/h4-12,21-22,27H,1,13-15H2,2-3H3/p+1. The average Bonchev–Trinajstić information content (AvgIpc) is 2.71. The number of ketones is 1. The molecule has 2 heterocycles. The fraction of sp³-hybridized carbons (Fsp3) is 0.320. The average molecular weight is 404 g/mol. The van der Waals surface area contributed by atoms with Crippen molar-refractivity contribution in [2.75, 3.05) is 0 Å². The number of carbonyl (C=O) groups excluding carboxylic acids is 2.